The molecular weight excluding hydrogens is 380 g/mol. The topological polar surface area (TPSA) is 18.5 Å². The maximum Gasteiger partial charge on any atom is 0.119 e. The van der Waals surface area contributed by atoms with Gasteiger partial charge in [0.15, 0.2) is 0 Å². The highest BCUT2D eigenvalue weighted by molar-refractivity contribution is 5.83. The maximum absolute atomic E-state index is 6.04. The predicted molar refractivity (Wildman–Crippen MR) is 132 cm³/mol. The molecule has 0 aromatic heterocycles. The second-order valence-corrected chi connectivity index (χ2v) is 8.11. The van der Waals surface area contributed by atoms with Gasteiger partial charge in [0.2, 0.25) is 0 Å². The van der Waals surface area contributed by atoms with E-state index in [0.717, 1.165) is 31.8 Å². The smallest absolute Gasteiger partial charge is 0.119 e. The number of ether oxygens (including phenoxy) is 2. The molecule has 164 valence electrons. The van der Waals surface area contributed by atoms with Gasteiger partial charge in [0, 0.05) is 6.61 Å². The van der Waals surface area contributed by atoms with Crippen molar-refractivity contribution in [2.45, 2.75) is 59.0 Å². The number of unbranched alkanes of at least 4 members (excludes halogenated alkanes) is 3. The Morgan fingerprint density at radius 3 is 1.84 bits per heavy atom. The first-order valence-electron chi connectivity index (χ1n) is 11.8. The Morgan fingerprint density at radius 2 is 1.26 bits per heavy atom. The monoisotopic (exact) mass is 416 g/mol. The van der Waals surface area contributed by atoms with Crippen molar-refractivity contribution in [2.24, 2.45) is 0 Å². The van der Waals surface area contributed by atoms with E-state index >= 15 is 0 Å². The Balaban J connectivity index is 1.71. The second-order valence-electron chi connectivity index (χ2n) is 8.11. The van der Waals surface area contributed by atoms with Gasteiger partial charge >= 0.3 is 0 Å². The third-order valence-corrected chi connectivity index (χ3v) is 5.62. The van der Waals surface area contributed by atoms with Crippen LogP contribution in [0.1, 0.15) is 64.5 Å². The molecule has 0 heterocycles. The van der Waals surface area contributed by atoms with Gasteiger partial charge in [-0.25, -0.2) is 0 Å². The van der Waals surface area contributed by atoms with E-state index in [1.54, 1.807) is 0 Å². The molecule has 0 aliphatic carbocycles. The van der Waals surface area contributed by atoms with Crippen LogP contribution in [0.15, 0.2) is 72.8 Å². The SMILES string of the molecule is CCCCCCOC(C)c1ccc(-c2ccccc2-c2ccc(OCCC)cc2)cc1. The average molecular weight is 417 g/mol. The molecule has 0 radical (unpaired) electrons. The van der Waals surface area contributed by atoms with Crippen molar-refractivity contribution in [1.82, 2.24) is 0 Å². The number of rotatable bonds is 12. The minimum atomic E-state index is 0.126. The minimum absolute atomic E-state index is 0.126. The van der Waals surface area contributed by atoms with Gasteiger partial charge in [0.1, 0.15) is 5.75 Å². The molecule has 2 nitrogen and oxygen atoms in total. The summed E-state index contributed by atoms with van der Waals surface area (Å²) in [5.41, 5.74) is 6.13. The molecule has 0 fully saturated rings. The zero-order valence-corrected chi connectivity index (χ0v) is 19.3. The van der Waals surface area contributed by atoms with Crippen molar-refractivity contribution in [1.29, 1.82) is 0 Å². The van der Waals surface area contributed by atoms with E-state index in [1.165, 1.54) is 47.1 Å². The van der Waals surface area contributed by atoms with Gasteiger partial charge in [-0.2, -0.15) is 0 Å². The van der Waals surface area contributed by atoms with E-state index in [-0.39, 0.29) is 6.10 Å². The van der Waals surface area contributed by atoms with Gasteiger partial charge in [-0.15, -0.1) is 0 Å². The summed E-state index contributed by atoms with van der Waals surface area (Å²) in [5.74, 6) is 0.927. The van der Waals surface area contributed by atoms with Gasteiger partial charge in [0.25, 0.3) is 0 Å². The van der Waals surface area contributed by atoms with Crippen LogP contribution in [0.2, 0.25) is 0 Å². The van der Waals surface area contributed by atoms with Crippen molar-refractivity contribution < 1.29 is 9.47 Å². The Hall–Kier alpha value is -2.58. The summed E-state index contributed by atoms with van der Waals surface area (Å²) in [6.07, 6.45) is 6.09. The highest BCUT2D eigenvalue weighted by Crippen LogP contribution is 2.33. The van der Waals surface area contributed by atoms with Crippen LogP contribution in [0.25, 0.3) is 22.3 Å². The third kappa shape index (κ3) is 6.70. The molecule has 0 saturated heterocycles. The lowest BCUT2D eigenvalue weighted by atomic mass is 9.94. The minimum Gasteiger partial charge on any atom is -0.494 e. The Kier molecular flexibility index (Phi) is 9.17. The molecule has 3 rings (SSSR count). The summed E-state index contributed by atoms with van der Waals surface area (Å²) >= 11 is 0. The molecule has 0 aliphatic rings. The van der Waals surface area contributed by atoms with Crippen molar-refractivity contribution in [2.75, 3.05) is 13.2 Å². The van der Waals surface area contributed by atoms with E-state index in [4.69, 9.17) is 9.47 Å². The third-order valence-electron chi connectivity index (χ3n) is 5.62. The summed E-state index contributed by atoms with van der Waals surface area (Å²) in [4.78, 5) is 0. The van der Waals surface area contributed by atoms with Crippen molar-refractivity contribution >= 4 is 0 Å². The first kappa shape index (κ1) is 23.1. The summed E-state index contributed by atoms with van der Waals surface area (Å²) in [5, 5.41) is 0. The first-order chi connectivity index (χ1) is 15.2. The molecule has 3 aromatic carbocycles. The van der Waals surface area contributed by atoms with E-state index in [0.29, 0.717) is 0 Å². The summed E-state index contributed by atoms with van der Waals surface area (Å²) in [6, 6.07) is 25.8. The van der Waals surface area contributed by atoms with Gasteiger partial charge < -0.3 is 9.47 Å². The van der Waals surface area contributed by atoms with Crippen LogP contribution in [-0.2, 0) is 4.74 Å². The van der Waals surface area contributed by atoms with Crippen LogP contribution in [0.4, 0.5) is 0 Å². The van der Waals surface area contributed by atoms with Gasteiger partial charge in [-0.05, 0) is 59.7 Å². The Bertz CT molecular complexity index is 897. The number of hydrogen-bond donors (Lipinski definition) is 0. The predicted octanol–water partition coefficient (Wildman–Crippen LogP) is 8.47. The van der Waals surface area contributed by atoms with Crippen LogP contribution >= 0.6 is 0 Å². The molecular formula is C29H36O2. The molecule has 0 aliphatic heterocycles. The zero-order valence-electron chi connectivity index (χ0n) is 19.3. The fourth-order valence-corrected chi connectivity index (χ4v) is 3.76. The molecule has 0 saturated carbocycles. The largest absolute Gasteiger partial charge is 0.494 e. The fourth-order valence-electron chi connectivity index (χ4n) is 3.76. The summed E-state index contributed by atoms with van der Waals surface area (Å²) in [7, 11) is 0. The Labute approximate surface area is 188 Å². The van der Waals surface area contributed by atoms with Crippen LogP contribution in [0.3, 0.4) is 0 Å². The lowest BCUT2D eigenvalue weighted by Crippen LogP contribution is -2.01. The van der Waals surface area contributed by atoms with Crippen LogP contribution < -0.4 is 4.74 Å². The normalized spacial score (nSPS) is 12.0. The van der Waals surface area contributed by atoms with Gasteiger partial charge in [-0.1, -0.05) is 93.8 Å². The van der Waals surface area contributed by atoms with Crippen molar-refractivity contribution in [3.05, 3.63) is 78.4 Å². The molecule has 0 bridgehead atoms. The lowest BCUT2D eigenvalue weighted by Gasteiger charge is -2.15. The second kappa shape index (κ2) is 12.3. The molecule has 1 atom stereocenters. The van der Waals surface area contributed by atoms with Gasteiger partial charge in [-0.3, -0.25) is 0 Å². The Morgan fingerprint density at radius 1 is 0.645 bits per heavy atom. The lowest BCUT2D eigenvalue weighted by molar-refractivity contribution is 0.0628. The van der Waals surface area contributed by atoms with E-state index in [9.17, 15) is 0 Å². The van der Waals surface area contributed by atoms with Crippen molar-refractivity contribution in [3.63, 3.8) is 0 Å². The average Bonchev–Trinajstić information content (AvgIpc) is 2.83. The summed E-state index contributed by atoms with van der Waals surface area (Å²) in [6.45, 7) is 8.09. The zero-order chi connectivity index (χ0) is 21.9. The molecule has 0 amide bonds. The molecule has 2 heteroatoms. The quantitative estimate of drug-likeness (QED) is 0.276. The summed E-state index contributed by atoms with van der Waals surface area (Å²) < 4.78 is 11.8. The van der Waals surface area contributed by atoms with E-state index in [2.05, 4.69) is 93.6 Å². The molecule has 0 spiro atoms. The highest BCUT2D eigenvalue weighted by atomic mass is 16.5. The highest BCUT2D eigenvalue weighted by Gasteiger charge is 2.10. The molecule has 1 unspecified atom stereocenters. The number of benzene rings is 3. The van der Waals surface area contributed by atoms with Crippen LogP contribution in [0.5, 0.6) is 5.75 Å². The maximum atomic E-state index is 6.04. The fraction of sp³-hybridized carbons (Fsp3) is 0.379. The van der Waals surface area contributed by atoms with Gasteiger partial charge in [0.05, 0.1) is 12.7 Å². The molecule has 0 N–H and O–H groups in total. The van der Waals surface area contributed by atoms with Crippen LogP contribution in [0, 0.1) is 0 Å². The van der Waals surface area contributed by atoms with Crippen molar-refractivity contribution in [3.8, 4) is 28.0 Å². The first-order valence-corrected chi connectivity index (χ1v) is 11.8. The van der Waals surface area contributed by atoms with Crippen LogP contribution in [-0.4, -0.2) is 13.2 Å². The van der Waals surface area contributed by atoms with E-state index in [1.807, 2.05) is 0 Å². The molecule has 3 aromatic rings. The number of hydrogen-bond acceptors (Lipinski definition) is 2. The standard InChI is InChI=1S/C29H36O2/c1-4-6-7-10-22-30-23(3)24-13-15-25(16-14-24)28-11-8-9-12-29(28)26-17-19-27(20-18-26)31-21-5-2/h8-9,11-20,23H,4-7,10,21-22H2,1-3H3. The molecule has 31 heavy (non-hydrogen) atoms. The van der Waals surface area contributed by atoms with E-state index < -0.39 is 0 Å².